The standard InChI is InChI=1S/C54H88O20/c1-11-29-19-39(57)54(61)33-13-12-30-18-31(14-16-52(30,6)32(33)15-17-53(29,54)7)69-41-21-35(62-8)49(26(3)66-41)73-43-22-36(63-9)48(27(4)67-43)72-40-20-34(56)47(25(2)65-40)71-42-23-37(64-10)50(28(5)68-42)74-51-46(60)45(59)44(58)38(24-55)70-51/h12,25-29,31-38,40-51,55-56,58-61H,11,13-24H2,1-10H3. The van der Waals surface area contributed by atoms with Crippen LogP contribution in [0.5, 0.6) is 0 Å². The quantitative estimate of drug-likeness (QED) is 0.129. The fourth-order valence-corrected chi connectivity index (χ4v) is 15.2. The lowest BCUT2D eigenvalue weighted by Gasteiger charge is -2.60. The molecule has 424 valence electrons. The number of methoxy groups -OCH3 is 3. The van der Waals surface area contributed by atoms with Crippen molar-refractivity contribution in [2.75, 3.05) is 27.9 Å². The molecule has 5 saturated heterocycles. The van der Waals surface area contributed by atoms with Crippen molar-refractivity contribution in [3.8, 4) is 0 Å². The van der Waals surface area contributed by atoms with E-state index in [4.69, 9.17) is 61.6 Å². The van der Waals surface area contributed by atoms with Crippen molar-refractivity contribution >= 4 is 5.78 Å². The van der Waals surface area contributed by atoms with Crippen LogP contribution in [0, 0.1) is 28.6 Å². The van der Waals surface area contributed by atoms with Gasteiger partial charge in [0.2, 0.25) is 0 Å². The highest BCUT2D eigenvalue weighted by Crippen LogP contribution is 2.67. The number of carbonyl (C=O) groups excluding carboxylic acids is 1. The monoisotopic (exact) mass is 1060 g/mol. The van der Waals surface area contributed by atoms with Gasteiger partial charge >= 0.3 is 0 Å². The second-order valence-electron chi connectivity index (χ2n) is 23.6. The first-order chi connectivity index (χ1) is 35.2. The summed E-state index contributed by atoms with van der Waals surface area (Å²) in [6.07, 6.45) is -7.16. The van der Waals surface area contributed by atoms with Crippen molar-refractivity contribution in [1.82, 2.24) is 0 Å². The number of ketones is 1. The van der Waals surface area contributed by atoms with Crippen molar-refractivity contribution in [2.24, 2.45) is 28.6 Å². The molecular formula is C54H88O20. The molecule has 9 aliphatic rings. The molecule has 74 heavy (non-hydrogen) atoms. The second kappa shape index (κ2) is 23.0. The van der Waals surface area contributed by atoms with Crippen LogP contribution in [0.2, 0.25) is 0 Å². The van der Waals surface area contributed by atoms with Crippen LogP contribution in [-0.2, 0) is 66.4 Å². The Bertz CT molecular complexity index is 1920. The number of allylic oxidation sites excluding steroid dienone is 1. The van der Waals surface area contributed by atoms with Crippen molar-refractivity contribution < 1.29 is 97.0 Å². The fourth-order valence-electron chi connectivity index (χ4n) is 15.2. The van der Waals surface area contributed by atoms with Gasteiger partial charge in [-0.25, -0.2) is 0 Å². The molecule has 0 radical (unpaired) electrons. The van der Waals surface area contributed by atoms with Crippen molar-refractivity contribution in [3.05, 3.63) is 11.6 Å². The number of aliphatic hydroxyl groups is 6. The molecule has 6 N–H and O–H groups in total. The number of rotatable bonds is 15. The third kappa shape index (κ3) is 10.5. The molecule has 3 saturated carbocycles. The molecule has 0 aromatic rings. The van der Waals surface area contributed by atoms with Crippen molar-refractivity contribution in [1.29, 1.82) is 0 Å². The SMILES string of the molecule is CCC1CC(=O)C2(O)C3CC=C4CC(OC5CC(OC)C(OC6CC(OC)C(OC7CC(O)C(OC8CC(OC)C(OC9OC(CO)C(O)C(O)C9O)C(C)O8)C(C)O7)C(C)O6)C(C)O5)CCC4(C)C3CCC12C. The molecule has 9 rings (SSSR count). The first-order valence-corrected chi connectivity index (χ1v) is 27.6. The molecule has 5 heterocycles. The van der Waals surface area contributed by atoms with Crippen LogP contribution in [0.1, 0.15) is 126 Å². The normalized spacial score (nSPS) is 52.9. The van der Waals surface area contributed by atoms with Crippen LogP contribution in [0.25, 0.3) is 0 Å². The fraction of sp³-hybridized carbons (Fsp3) is 0.944. The summed E-state index contributed by atoms with van der Waals surface area (Å²) in [6.45, 7) is 13.5. The molecule has 28 atom stereocenters. The summed E-state index contributed by atoms with van der Waals surface area (Å²) in [5.41, 5.74) is -0.320. The van der Waals surface area contributed by atoms with E-state index in [0.29, 0.717) is 19.3 Å². The largest absolute Gasteiger partial charge is 0.394 e. The van der Waals surface area contributed by atoms with E-state index in [1.807, 2.05) is 13.8 Å². The number of Topliss-reactive ketones (excluding diaryl/α,β-unsaturated/α-hetero) is 1. The topological polar surface area (TPSA) is 258 Å². The van der Waals surface area contributed by atoms with Gasteiger partial charge in [-0.1, -0.05) is 38.8 Å². The van der Waals surface area contributed by atoms with E-state index in [9.17, 15) is 35.4 Å². The van der Waals surface area contributed by atoms with E-state index in [1.54, 1.807) is 28.1 Å². The third-order valence-electron chi connectivity index (χ3n) is 19.5. The molecule has 0 aromatic carbocycles. The lowest BCUT2D eigenvalue weighted by atomic mass is 9.45. The zero-order chi connectivity index (χ0) is 53.2. The number of hydrogen-bond acceptors (Lipinski definition) is 20. The van der Waals surface area contributed by atoms with Crippen molar-refractivity contribution in [2.45, 2.75) is 266 Å². The van der Waals surface area contributed by atoms with Gasteiger partial charge in [-0.15, -0.1) is 0 Å². The van der Waals surface area contributed by atoms with Gasteiger partial charge in [-0.2, -0.15) is 0 Å². The Kier molecular flexibility index (Phi) is 17.8. The van der Waals surface area contributed by atoms with Gasteiger partial charge in [0.25, 0.3) is 0 Å². The molecule has 0 bridgehead atoms. The minimum absolute atomic E-state index is 0.0320. The van der Waals surface area contributed by atoms with Crippen LogP contribution in [0.4, 0.5) is 0 Å². The van der Waals surface area contributed by atoms with E-state index in [-0.39, 0.29) is 65.5 Å². The summed E-state index contributed by atoms with van der Waals surface area (Å²) in [7, 11) is 4.78. The molecule has 0 spiro atoms. The molecule has 0 amide bonds. The zero-order valence-electron chi connectivity index (χ0n) is 45.1. The summed E-state index contributed by atoms with van der Waals surface area (Å²) in [4.78, 5) is 13.6. The van der Waals surface area contributed by atoms with Gasteiger partial charge in [-0.3, -0.25) is 4.79 Å². The average molecular weight is 1060 g/mol. The van der Waals surface area contributed by atoms with E-state index < -0.39 is 129 Å². The number of fused-ring (bicyclic) bond motifs is 5. The Balaban J connectivity index is 0.740. The first-order valence-electron chi connectivity index (χ1n) is 27.6. The minimum atomic E-state index is -1.60. The number of carbonyl (C=O) groups is 1. The van der Waals surface area contributed by atoms with Crippen LogP contribution >= 0.6 is 0 Å². The Morgan fingerprint density at radius 1 is 0.622 bits per heavy atom. The van der Waals surface area contributed by atoms with Gasteiger partial charge in [0.15, 0.2) is 37.2 Å². The number of ether oxygens (including phenoxy) is 13. The Labute approximate surface area is 436 Å². The highest BCUT2D eigenvalue weighted by molar-refractivity contribution is 5.91. The Hall–Kier alpha value is -1.35. The predicted molar refractivity (Wildman–Crippen MR) is 260 cm³/mol. The predicted octanol–water partition coefficient (Wildman–Crippen LogP) is 2.94. The first kappa shape index (κ1) is 57.3. The van der Waals surface area contributed by atoms with Crippen LogP contribution in [0.15, 0.2) is 11.6 Å². The van der Waals surface area contributed by atoms with E-state index in [2.05, 4.69) is 26.8 Å². The summed E-state index contributed by atoms with van der Waals surface area (Å²) >= 11 is 0. The highest BCUT2D eigenvalue weighted by atomic mass is 16.8. The molecule has 28 unspecified atom stereocenters. The third-order valence-corrected chi connectivity index (χ3v) is 19.5. The van der Waals surface area contributed by atoms with Gasteiger partial charge in [-0.05, 0) is 83.5 Å². The number of hydrogen-bond donors (Lipinski definition) is 6. The Morgan fingerprint density at radius 3 is 1.66 bits per heavy atom. The van der Waals surface area contributed by atoms with Crippen LogP contribution in [0.3, 0.4) is 0 Å². The van der Waals surface area contributed by atoms with Crippen LogP contribution in [-0.4, -0.2) is 205 Å². The van der Waals surface area contributed by atoms with E-state index in [1.165, 1.54) is 12.7 Å². The Morgan fingerprint density at radius 2 is 1.14 bits per heavy atom. The smallest absolute Gasteiger partial charge is 0.187 e. The molecule has 20 nitrogen and oxygen atoms in total. The van der Waals surface area contributed by atoms with Crippen molar-refractivity contribution in [3.63, 3.8) is 0 Å². The minimum Gasteiger partial charge on any atom is -0.394 e. The average Bonchev–Trinajstić information content (AvgIpc) is 3.58. The number of aliphatic hydroxyl groups excluding tert-OH is 5. The molecule has 20 heteroatoms. The molecule has 0 aromatic heterocycles. The van der Waals surface area contributed by atoms with Gasteiger partial charge in [0, 0.05) is 64.8 Å². The van der Waals surface area contributed by atoms with Gasteiger partial charge in [0.05, 0.1) is 61.5 Å². The maximum atomic E-state index is 13.6. The summed E-state index contributed by atoms with van der Waals surface area (Å²) in [5.74, 6) is 0.497. The lowest BCUT2D eigenvalue weighted by molar-refractivity contribution is -0.358. The molecular weight excluding hydrogens is 969 g/mol. The summed E-state index contributed by atoms with van der Waals surface area (Å²) in [5, 5.41) is 64.5. The van der Waals surface area contributed by atoms with Gasteiger partial charge in [0.1, 0.15) is 54.4 Å². The maximum absolute atomic E-state index is 13.6. The second-order valence-corrected chi connectivity index (χ2v) is 23.6. The maximum Gasteiger partial charge on any atom is 0.187 e. The van der Waals surface area contributed by atoms with Crippen LogP contribution < -0.4 is 0 Å². The molecule has 4 aliphatic carbocycles. The zero-order valence-corrected chi connectivity index (χ0v) is 45.1. The summed E-state index contributed by atoms with van der Waals surface area (Å²) < 4.78 is 81.1. The van der Waals surface area contributed by atoms with E-state index in [0.717, 1.165) is 44.9 Å². The molecule has 5 aliphatic heterocycles. The lowest BCUT2D eigenvalue weighted by Crippen LogP contribution is -2.63. The van der Waals surface area contributed by atoms with Gasteiger partial charge < -0.3 is 92.2 Å². The molecule has 8 fully saturated rings. The summed E-state index contributed by atoms with van der Waals surface area (Å²) in [6, 6.07) is 0. The van der Waals surface area contributed by atoms with E-state index >= 15 is 0 Å². The highest BCUT2D eigenvalue weighted by Gasteiger charge is 2.70.